The molecular formula is C23H19FN2O2S. The molecule has 4 rings (SSSR count). The van der Waals surface area contributed by atoms with E-state index in [1.165, 1.54) is 17.4 Å². The lowest BCUT2D eigenvalue weighted by atomic mass is 10.1. The Hall–Kier alpha value is -3.25. The van der Waals surface area contributed by atoms with E-state index in [0.29, 0.717) is 22.6 Å². The van der Waals surface area contributed by atoms with Gasteiger partial charge in [-0.1, -0.05) is 24.3 Å². The van der Waals surface area contributed by atoms with Crippen LogP contribution >= 0.6 is 11.3 Å². The summed E-state index contributed by atoms with van der Waals surface area (Å²) in [5, 5.41) is 3.45. The largest absolute Gasteiger partial charge is 0.487 e. The monoisotopic (exact) mass is 406 g/mol. The average molecular weight is 406 g/mol. The van der Waals surface area contributed by atoms with Gasteiger partial charge < -0.3 is 10.1 Å². The molecule has 0 aliphatic heterocycles. The van der Waals surface area contributed by atoms with Crippen molar-refractivity contribution in [2.45, 2.75) is 19.6 Å². The second kappa shape index (κ2) is 8.41. The molecule has 2 aromatic carbocycles. The average Bonchev–Trinajstić information content (AvgIpc) is 3.19. The van der Waals surface area contributed by atoms with E-state index in [0.717, 1.165) is 16.0 Å². The van der Waals surface area contributed by atoms with Crippen LogP contribution in [0.1, 0.15) is 33.9 Å². The number of halogens is 1. The summed E-state index contributed by atoms with van der Waals surface area (Å²) in [7, 11) is 0. The van der Waals surface area contributed by atoms with Crippen LogP contribution in [-0.2, 0) is 6.61 Å². The number of nitrogens with one attached hydrogen (secondary N) is 1. The Morgan fingerprint density at radius 3 is 2.79 bits per heavy atom. The molecule has 4 aromatic rings. The predicted octanol–water partition coefficient (Wildman–Crippen LogP) is 5.51. The van der Waals surface area contributed by atoms with Crippen LogP contribution in [-0.4, -0.2) is 10.9 Å². The van der Waals surface area contributed by atoms with Crippen molar-refractivity contribution in [2.24, 2.45) is 0 Å². The maximum atomic E-state index is 13.9. The Labute approximate surface area is 172 Å². The van der Waals surface area contributed by atoms with E-state index in [4.69, 9.17) is 4.74 Å². The Kier molecular flexibility index (Phi) is 5.53. The van der Waals surface area contributed by atoms with Crippen molar-refractivity contribution in [3.05, 3.63) is 94.9 Å². The SMILES string of the molecule is CC(NC(=O)c1cc2c(F)cccc2s1)c1cccc(OCc2ccccn2)c1. The van der Waals surface area contributed by atoms with Crippen LogP contribution in [0.2, 0.25) is 0 Å². The first-order valence-corrected chi connectivity index (χ1v) is 10.0. The van der Waals surface area contributed by atoms with Gasteiger partial charge in [0, 0.05) is 16.3 Å². The van der Waals surface area contributed by atoms with E-state index < -0.39 is 0 Å². The molecule has 1 amide bonds. The summed E-state index contributed by atoms with van der Waals surface area (Å²) in [6.45, 7) is 2.28. The van der Waals surface area contributed by atoms with Gasteiger partial charge in [0.1, 0.15) is 18.2 Å². The molecule has 0 saturated heterocycles. The number of pyridine rings is 1. The number of carbonyl (C=O) groups is 1. The highest BCUT2D eigenvalue weighted by atomic mass is 32.1. The highest BCUT2D eigenvalue weighted by Crippen LogP contribution is 2.28. The third-order valence-electron chi connectivity index (χ3n) is 4.55. The summed E-state index contributed by atoms with van der Waals surface area (Å²) < 4.78 is 20.5. The van der Waals surface area contributed by atoms with Gasteiger partial charge in [-0.3, -0.25) is 9.78 Å². The summed E-state index contributed by atoms with van der Waals surface area (Å²) >= 11 is 1.28. The van der Waals surface area contributed by atoms with E-state index in [-0.39, 0.29) is 17.8 Å². The third kappa shape index (κ3) is 4.43. The number of fused-ring (bicyclic) bond motifs is 1. The van der Waals surface area contributed by atoms with E-state index >= 15 is 0 Å². The van der Waals surface area contributed by atoms with E-state index in [1.54, 1.807) is 18.3 Å². The fourth-order valence-corrected chi connectivity index (χ4v) is 3.98. The minimum Gasteiger partial charge on any atom is -0.487 e. The van der Waals surface area contributed by atoms with Crippen molar-refractivity contribution in [1.29, 1.82) is 0 Å². The zero-order chi connectivity index (χ0) is 20.2. The summed E-state index contributed by atoms with van der Waals surface area (Å²) in [4.78, 5) is 17.4. The molecule has 4 nitrogen and oxygen atoms in total. The number of nitrogens with zero attached hydrogens (tertiary/aromatic N) is 1. The standard InChI is InChI=1S/C23H19FN2O2S/c1-15(26-23(27)22-13-19-20(24)9-5-10-21(19)29-22)16-6-4-8-18(12-16)28-14-17-7-2-3-11-25-17/h2-13,15H,14H2,1H3,(H,26,27). The van der Waals surface area contributed by atoms with Gasteiger partial charge in [-0.15, -0.1) is 11.3 Å². The minimum atomic E-state index is -0.316. The van der Waals surface area contributed by atoms with Crippen LogP contribution in [0.4, 0.5) is 4.39 Å². The van der Waals surface area contributed by atoms with Crippen LogP contribution in [0.5, 0.6) is 5.75 Å². The number of amides is 1. The zero-order valence-corrected chi connectivity index (χ0v) is 16.6. The highest BCUT2D eigenvalue weighted by Gasteiger charge is 2.16. The molecule has 6 heteroatoms. The van der Waals surface area contributed by atoms with Crippen LogP contribution in [0.25, 0.3) is 10.1 Å². The fourth-order valence-electron chi connectivity index (χ4n) is 3.00. The van der Waals surface area contributed by atoms with Crippen LogP contribution in [0.15, 0.2) is 72.9 Å². The normalized spacial score (nSPS) is 11.9. The van der Waals surface area contributed by atoms with Crippen molar-refractivity contribution in [2.75, 3.05) is 0 Å². The molecule has 146 valence electrons. The quantitative estimate of drug-likeness (QED) is 0.460. The van der Waals surface area contributed by atoms with Gasteiger partial charge in [-0.05, 0) is 55.0 Å². The van der Waals surface area contributed by atoms with Gasteiger partial charge in [0.15, 0.2) is 0 Å². The molecule has 0 bridgehead atoms. The van der Waals surface area contributed by atoms with Crippen LogP contribution in [0, 0.1) is 5.82 Å². The lowest BCUT2D eigenvalue weighted by molar-refractivity contribution is 0.0944. The first-order valence-electron chi connectivity index (χ1n) is 9.22. The molecule has 2 aromatic heterocycles. The maximum Gasteiger partial charge on any atom is 0.261 e. The molecule has 0 fully saturated rings. The second-order valence-corrected chi connectivity index (χ2v) is 7.72. The summed E-state index contributed by atoms with van der Waals surface area (Å²) in [5.74, 6) is 0.166. The molecule has 1 unspecified atom stereocenters. The molecule has 0 spiro atoms. The third-order valence-corrected chi connectivity index (χ3v) is 5.65. The molecule has 2 heterocycles. The Bertz CT molecular complexity index is 1140. The summed E-state index contributed by atoms with van der Waals surface area (Å²) in [6.07, 6.45) is 1.73. The van der Waals surface area contributed by atoms with Crippen LogP contribution < -0.4 is 10.1 Å². The number of carbonyl (C=O) groups excluding carboxylic acids is 1. The number of hydrogen-bond donors (Lipinski definition) is 1. The Balaban J connectivity index is 1.44. The van der Waals surface area contributed by atoms with Gasteiger partial charge in [-0.2, -0.15) is 0 Å². The van der Waals surface area contributed by atoms with Crippen molar-refractivity contribution >= 4 is 27.3 Å². The molecule has 0 aliphatic carbocycles. The molecule has 1 atom stereocenters. The fraction of sp³-hybridized carbons (Fsp3) is 0.130. The summed E-state index contributed by atoms with van der Waals surface area (Å²) in [5.41, 5.74) is 1.76. The van der Waals surface area contributed by atoms with Gasteiger partial charge in [0.2, 0.25) is 0 Å². The smallest absolute Gasteiger partial charge is 0.261 e. The zero-order valence-electron chi connectivity index (χ0n) is 15.8. The first kappa shape index (κ1) is 19.1. The van der Waals surface area contributed by atoms with Gasteiger partial charge in [0.25, 0.3) is 5.91 Å². The number of benzene rings is 2. The maximum absolute atomic E-state index is 13.9. The van der Waals surface area contributed by atoms with Crippen molar-refractivity contribution in [3.63, 3.8) is 0 Å². The Morgan fingerprint density at radius 1 is 1.14 bits per heavy atom. The van der Waals surface area contributed by atoms with Crippen LogP contribution in [0.3, 0.4) is 0 Å². The molecule has 0 saturated carbocycles. The lowest BCUT2D eigenvalue weighted by Gasteiger charge is -2.15. The number of thiophene rings is 1. The number of aromatic nitrogens is 1. The number of rotatable bonds is 6. The molecule has 0 aliphatic rings. The second-order valence-electron chi connectivity index (χ2n) is 6.64. The predicted molar refractivity (Wildman–Crippen MR) is 113 cm³/mol. The topological polar surface area (TPSA) is 51.2 Å². The van der Waals surface area contributed by atoms with Crippen molar-refractivity contribution in [3.8, 4) is 5.75 Å². The van der Waals surface area contributed by atoms with E-state index in [2.05, 4.69) is 10.3 Å². The Morgan fingerprint density at radius 2 is 2.00 bits per heavy atom. The molecular weight excluding hydrogens is 387 g/mol. The van der Waals surface area contributed by atoms with E-state index in [1.807, 2.05) is 55.5 Å². The minimum absolute atomic E-state index is 0.224. The van der Waals surface area contributed by atoms with E-state index in [9.17, 15) is 9.18 Å². The van der Waals surface area contributed by atoms with Gasteiger partial charge in [0.05, 0.1) is 16.6 Å². The number of hydrogen-bond acceptors (Lipinski definition) is 4. The van der Waals surface area contributed by atoms with Crippen molar-refractivity contribution in [1.82, 2.24) is 10.3 Å². The lowest BCUT2D eigenvalue weighted by Crippen LogP contribution is -2.25. The molecule has 29 heavy (non-hydrogen) atoms. The van der Waals surface area contributed by atoms with Crippen molar-refractivity contribution < 1.29 is 13.9 Å². The van der Waals surface area contributed by atoms with Gasteiger partial charge >= 0.3 is 0 Å². The highest BCUT2D eigenvalue weighted by molar-refractivity contribution is 7.20. The first-order chi connectivity index (χ1) is 14.1. The van der Waals surface area contributed by atoms with Gasteiger partial charge in [-0.25, -0.2) is 4.39 Å². The number of ether oxygens (including phenoxy) is 1. The molecule has 1 N–H and O–H groups in total. The summed E-state index contributed by atoms with van der Waals surface area (Å²) in [6, 6.07) is 19.5. The molecule has 0 radical (unpaired) electrons.